The molecule has 2 fully saturated rings. The lowest BCUT2D eigenvalue weighted by atomic mass is 9.70. The third-order valence-electron chi connectivity index (χ3n) is 3.97. The molecule has 1 atom stereocenters. The molecule has 1 saturated carbocycles. The fraction of sp³-hybridized carbons (Fsp3) is 0.917. The summed E-state index contributed by atoms with van der Waals surface area (Å²) in [5.41, 5.74) is -0.372. The third-order valence-corrected chi connectivity index (χ3v) is 5.58. The maximum atomic E-state index is 11.6. The Hall–Kier alpha value is -0.180. The molecule has 0 radical (unpaired) electrons. The fourth-order valence-corrected chi connectivity index (χ4v) is 4.68. The van der Waals surface area contributed by atoms with Gasteiger partial charge in [0, 0.05) is 5.25 Å². The number of thioether (sulfide) groups is 1. The summed E-state index contributed by atoms with van der Waals surface area (Å²) < 4.78 is 0. The predicted octanol–water partition coefficient (Wildman–Crippen LogP) is 3.31. The fourth-order valence-electron chi connectivity index (χ4n) is 3.03. The standard InChI is InChI=1S/C12H20O2S/c13-11(14)12(7-3-1-4-8-12)10-6-2-5-9-15-10/h10H,1-9H2,(H,13,14). The summed E-state index contributed by atoms with van der Waals surface area (Å²) in [5.74, 6) is 0.640. The van der Waals surface area contributed by atoms with Crippen LogP contribution in [0.5, 0.6) is 0 Å². The average Bonchev–Trinajstić information content (AvgIpc) is 2.31. The van der Waals surface area contributed by atoms with Gasteiger partial charge in [0.25, 0.3) is 0 Å². The molecule has 2 rings (SSSR count). The van der Waals surface area contributed by atoms with Crippen LogP contribution >= 0.6 is 11.8 Å². The van der Waals surface area contributed by atoms with Crippen molar-refractivity contribution >= 4 is 17.7 Å². The Balaban J connectivity index is 2.12. The smallest absolute Gasteiger partial charge is 0.310 e. The van der Waals surface area contributed by atoms with Crippen LogP contribution in [0.4, 0.5) is 0 Å². The maximum Gasteiger partial charge on any atom is 0.310 e. The highest BCUT2D eigenvalue weighted by atomic mass is 32.2. The van der Waals surface area contributed by atoms with Gasteiger partial charge >= 0.3 is 5.97 Å². The molecule has 1 saturated heterocycles. The van der Waals surface area contributed by atoms with E-state index in [9.17, 15) is 9.90 Å². The molecule has 2 aliphatic rings. The second-order valence-electron chi connectivity index (χ2n) is 4.88. The molecule has 1 heterocycles. The van der Waals surface area contributed by atoms with Crippen molar-refractivity contribution in [3.63, 3.8) is 0 Å². The van der Waals surface area contributed by atoms with Crippen molar-refractivity contribution in [2.24, 2.45) is 5.41 Å². The van der Waals surface area contributed by atoms with Crippen molar-refractivity contribution < 1.29 is 9.90 Å². The summed E-state index contributed by atoms with van der Waals surface area (Å²) >= 11 is 1.92. The highest BCUT2D eigenvalue weighted by Crippen LogP contribution is 2.47. The number of hydrogen-bond donors (Lipinski definition) is 1. The Bertz CT molecular complexity index is 228. The van der Waals surface area contributed by atoms with Crippen LogP contribution in [0.3, 0.4) is 0 Å². The molecule has 1 N–H and O–H groups in total. The number of aliphatic carboxylic acids is 1. The lowest BCUT2D eigenvalue weighted by Crippen LogP contribution is -2.43. The molecule has 1 aliphatic heterocycles. The van der Waals surface area contributed by atoms with Gasteiger partial charge in [-0.15, -0.1) is 0 Å². The van der Waals surface area contributed by atoms with E-state index in [1.165, 1.54) is 25.0 Å². The van der Waals surface area contributed by atoms with E-state index >= 15 is 0 Å². The summed E-state index contributed by atoms with van der Waals surface area (Å²) in [7, 11) is 0. The summed E-state index contributed by atoms with van der Waals surface area (Å²) in [6.07, 6.45) is 8.92. The van der Waals surface area contributed by atoms with E-state index in [2.05, 4.69) is 0 Å². The van der Waals surface area contributed by atoms with Crippen LogP contribution in [-0.4, -0.2) is 22.1 Å². The van der Waals surface area contributed by atoms with E-state index in [-0.39, 0.29) is 5.41 Å². The number of rotatable bonds is 2. The molecule has 86 valence electrons. The molecule has 3 heteroatoms. The van der Waals surface area contributed by atoms with Crippen LogP contribution in [0.25, 0.3) is 0 Å². The number of carboxylic acid groups (broad SMARTS) is 1. The predicted molar refractivity (Wildman–Crippen MR) is 63.3 cm³/mol. The second-order valence-corrected chi connectivity index (χ2v) is 6.19. The van der Waals surface area contributed by atoms with E-state index in [1.54, 1.807) is 0 Å². The Morgan fingerprint density at radius 2 is 1.87 bits per heavy atom. The van der Waals surface area contributed by atoms with Crippen molar-refractivity contribution in [1.82, 2.24) is 0 Å². The first-order valence-corrected chi connectivity index (χ1v) is 7.15. The summed E-state index contributed by atoms with van der Waals surface area (Å²) in [4.78, 5) is 11.6. The zero-order chi connectivity index (χ0) is 10.7. The molecule has 2 nitrogen and oxygen atoms in total. The van der Waals surface area contributed by atoms with Crippen molar-refractivity contribution in [2.45, 2.75) is 56.6 Å². The van der Waals surface area contributed by atoms with Gasteiger partial charge in [-0.25, -0.2) is 0 Å². The minimum Gasteiger partial charge on any atom is -0.481 e. The molecule has 15 heavy (non-hydrogen) atoms. The van der Waals surface area contributed by atoms with Gasteiger partial charge in [-0.05, 0) is 31.4 Å². The van der Waals surface area contributed by atoms with Crippen LogP contribution in [0, 0.1) is 5.41 Å². The lowest BCUT2D eigenvalue weighted by Gasteiger charge is -2.41. The van der Waals surface area contributed by atoms with Crippen molar-refractivity contribution in [1.29, 1.82) is 0 Å². The van der Waals surface area contributed by atoms with Crippen molar-refractivity contribution in [2.75, 3.05) is 5.75 Å². The van der Waals surface area contributed by atoms with Gasteiger partial charge < -0.3 is 5.11 Å². The quantitative estimate of drug-likeness (QED) is 0.788. The molecule has 0 amide bonds. The highest BCUT2D eigenvalue weighted by Gasteiger charge is 2.46. The van der Waals surface area contributed by atoms with E-state index in [0.29, 0.717) is 5.25 Å². The van der Waals surface area contributed by atoms with Crippen LogP contribution in [0.15, 0.2) is 0 Å². The average molecular weight is 228 g/mol. The molecule has 1 aliphatic carbocycles. The second kappa shape index (κ2) is 4.77. The largest absolute Gasteiger partial charge is 0.481 e. The first-order valence-electron chi connectivity index (χ1n) is 6.11. The van der Waals surface area contributed by atoms with E-state index < -0.39 is 5.97 Å². The van der Waals surface area contributed by atoms with Gasteiger partial charge in [0.2, 0.25) is 0 Å². The molecule has 0 bridgehead atoms. The van der Waals surface area contributed by atoms with E-state index in [1.807, 2.05) is 11.8 Å². The van der Waals surface area contributed by atoms with Gasteiger partial charge in [-0.2, -0.15) is 11.8 Å². The zero-order valence-electron chi connectivity index (χ0n) is 9.21. The van der Waals surface area contributed by atoms with Crippen molar-refractivity contribution in [3.8, 4) is 0 Å². The van der Waals surface area contributed by atoms with Gasteiger partial charge in [0.15, 0.2) is 0 Å². The Labute approximate surface area is 95.8 Å². The van der Waals surface area contributed by atoms with E-state index in [4.69, 9.17) is 0 Å². The summed E-state index contributed by atoms with van der Waals surface area (Å²) in [6, 6.07) is 0. The van der Waals surface area contributed by atoms with Crippen LogP contribution < -0.4 is 0 Å². The monoisotopic (exact) mass is 228 g/mol. The molecule has 0 spiro atoms. The lowest BCUT2D eigenvalue weighted by molar-refractivity contribution is -0.151. The Morgan fingerprint density at radius 3 is 2.40 bits per heavy atom. The number of hydrogen-bond acceptors (Lipinski definition) is 2. The summed E-state index contributed by atoms with van der Waals surface area (Å²) in [6.45, 7) is 0. The topological polar surface area (TPSA) is 37.3 Å². The molecule has 0 aromatic heterocycles. The first-order chi connectivity index (χ1) is 7.26. The van der Waals surface area contributed by atoms with Gasteiger partial charge in [-0.3, -0.25) is 4.79 Å². The van der Waals surface area contributed by atoms with Gasteiger partial charge in [0.1, 0.15) is 0 Å². The van der Waals surface area contributed by atoms with Crippen molar-refractivity contribution in [3.05, 3.63) is 0 Å². The molecule has 0 aromatic rings. The Kier molecular flexibility index (Phi) is 3.60. The van der Waals surface area contributed by atoms with Gasteiger partial charge in [-0.1, -0.05) is 25.7 Å². The SMILES string of the molecule is O=C(O)C1(C2CCCCS2)CCCCC1. The first kappa shape index (κ1) is 11.3. The summed E-state index contributed by atoms with van der Waals surface area (Å²) in [5, 5.41) is 9.92. The molecular weight excluding hydrogens is 208 g/mol. The van der Waals surface area contributed by atoms with Gasteiger partial charge in [0.05, 0.1) is 5.41 Å². The van der Waals surface area contributed by atoms with Crippen LogP contribution in [-0.2, 0) is 4.79 Å². The number of carbonyl (C=O) groups is 1. The normalized spacial score (nSPS) is 31.1. The molecule has 1 unspecified atom stereocenters. The molecular formula is C12H20O2S. The molecule has 0 aromatic carbocycles. The van der Waals surface area contributed by atoms with E-state index in [0.717, 1.165) is 32.1 Å². The zero-order valence-corrected chi connectivity index (χ0v) is 10.0. The Morgan fingerprint density at radius 1 is 1.13 bits per heavy atom. The minimum absolute atomic E-state index is 0.372. The highest BCUT2D eigenvalue weighted by molar-refractivity contribution is 8.00. The minimum atomic E-state index is -0.526. The number of carboxylic acids is 1. The van der Waals surface area contributed by atoms with Crippen LogP contribution in [0.1, 0.15) is 51.4 Å². The maximum absolute atomic E-state index is 11.6. The third kappa shape index (κ3) is 2.17. The van der Waals surface area contributed by atoms with Crippen LogP contribution in [0.2, 0.25) is 0 Å².